The second-order valence-electron chi connectivity index (χ2n) is 3.85. The van der Waals surface area contributed by atoms with Crippen molar-refractivity contribution in [2.45, 2.75) is 0 Å². The maximum atomic E-state index is 11.6. The third-order valence-electron chi connectivity index (χ3n) is 2.82. The molecule has 0 spiro atoms. The normalized spacial score (nSPS) is 9.85. The molecule has 104 valence electrons. The highest BCUT2D eigenvalue weighted by molar-refractivity contribution is 5.85. The maximum absolute atomic E-state index is 11.6. The molecule has 0 saturated heterocycles. The van der Waals surface area contributed by atoms with Gasteiger partial charge in [-0.3, -0.25) is 9.59 Å². The fraction of sp³-hybridized carbons (Fsp3) is 0.0769. The van der Waals surface area contributed by atoms with Crippen LogP contribution >= 0.6 is 24.8 Å². The topological polar surface area (TPSA) is 69.2 Å². The summed E-state index contributed by atoms with van der Waals surface area (Å²) in [7, 11) is 1.55. The molecule has 0 radical (unpaired) electrons. The lowest BCUT2D eigenvalue weighted by atomic mass is 10.1. The van der Waals surface area contributed by atoms with Gasteiger partial charge in [-0.1, -0.05) is 12.1 Å². The Morgan fingerprint density at radius 3 is 2.55 bits per heavy atom. The number of ether oxygens (including phenoxy) is 1. The number of aromatic nitrogens is 2. The maximum Gasteiger partial charge on any atom is 0.280 e. The Kier molecular flexibility index (Phi) is 4.81. The van der Waals surface area contributed by atoms with E-state index in [9.17, 15) is 9.59 Å². The summed E-state index contributed by atoms with van der Waals surface area (Å²) in [5.74, 6) is 0.642. The van der Waals surface area contributed by atoms with E-state index in [2.05, 4.69) is 9.97 Å². The Labute approximate surface area is 125 Å². The number of methoxy groups -OCH3 is 1. The van der Waals surface area contributed by atoms with Gasteiger partial charge in [-0.25, -0.2) is 9.97 Å². The Morgan fingerprint density at radius 1 is 1.10 bits per heavy atom. The average Bonchev–Trinajstić information content (AvgIpc) is 2.92. The molecule has 3 rings (SSSR count). The van der Waals surface area contributed by atoms with Gasteiger partial charge in [0.25, 0.3) is 11.1 Å². The van der Waals surface area contributed by atoms with Crippen molar-refractivity contribution in [3.63, 3.8) is 0 Å². The van der Waals surface area contributed by atoms with Crippen molar-refractivity contribution in [3.8, 4) is 17.0 Å². The number of halogens is 2. The Morgan fingerprint density at radius 2 is 1.85 bits per heavy atom. The molecule has 0 unspecified atom stereocenters. The van der Waals surface area contributed by atoms with Gasteiger partial charge in [0, 0.05) is 11.8 Å². The molecule has 2 aliphatic heterocycles. The highest BCUT2D eigenvalue weighted by atomic mass is 35.5. The quantitative estimate of drug-likeness (QED) is 0.713. The highest BCUT2D eigenvalue weighted by Crippen LogP contribution is 2.22. The van der Waals surface area contributed by atoms with E-state index in [1.54, 1.807) is 31.4 Å². The van der Waals surface area contributed by atoms with Crippen molar-refractivity contribution in [3.05, 3.63) is 61.6 Å². The minimum atomic E-state index is -0.419. The van der Waals surface area contributed by atoms with Crippen molar-refractivity contribution in [1.29, 1.82) is 0 Å². The molecule has 1 aromatic carbocycles. The molecule has 0 bridgehead atoms. The van der Waals surface area contributed by atoms with Gasteiger partial charge in [-0.2, -0.15) is 0 Å². The number of benzene rings is 1. The number of nitrogens with zero attached hydrogens (tertiary/aromatic N) is 2. The highest BCUT2D eigenvalue weighted by Gasteiger charge is 2.13. The van der Waals surface area contributed by atoms with Crippen LogP contribution in [0.1, 0.15) is 0 Å². The van der Waals surface area contributed by atoms with Crippen LogP contribution < -0.4 is 15.9 Å². The third-order valence-corrected chi connectivity index (χ3v) is 2.82. The molecule has 0 N–H and O–H groups in total. The first-order valence-electron chi connectivity index (χ1n) is 5.31. The summed E-state index contributed by atoms with van der Waals surface area (Å²) in [6.07, 6.45) is 1.27. The van der Waals surface area contributed by atoms with E-state index in [1.807, 2.05) is 0 Å². The SMILES string of the molecule is COc1cccc(-c2nc(=O)c3cnc(=O)c2=3)c1.Cl.Cl. The van der Waals surface area contributed by atoms with E-state index in [0.29, 0.717) is 17.0 Å². The molecule has 1 aromatic rings. The first-order chi connectivity index (χ1) is 8.70. The van der Waals surface area contributed by atoms with Crippen LogP contribution in [0, 0.1) is 10.4 Å². The summed E-state index contributed by atoms with van der Waals surface area (Å²) in [5, 5.41) is 0.561. The second kappa shape index (κ2) is 5.98. The number of hydrogen-bond donors (Lipinski definition) is 0. The molecule has 2 heterocycles. The first kappa shape index (κ1) is 16.1. The molecule has 20 heavy (non-hydrogen) atoms. The van der Waals surface area contributed by atoms with E-state index < -0.39 is 11.1 Å². The summed E-state index contributed by atoms with van der Waals surface area (Å²) in [5.41, 5.74) is 0.206. The molecular formula is C13H10Cl2N2O3. The van der Waals surface area contributed by atoms with Gasteiger partial charge in [0.1, 0.15) is 5.75 Å². The minimum absolute atomic E-state index is 0. The van der Waals surface area contributed by atoms with Crippen LogP contribution in [0.15, 0.2) is 40.1 Å². The zero-order valence-corrected chi connectivity index (χ0v) is 12.0. The smallest absolute Gasteiger partial charge is 0.280 e. The van der Waals surface area contributed by atoms with Crippen LogP contribution in [0.2, 0.25) is 0 Å². The lowest BCUT2D eigenvalue weighted by molar-refractivity contribution is 0.415. The van der Waals surface area contributed by atoms with Crippen molar-refractivity contribution >= 4 is 24.8 Å². The molecule has 0 aliphatic carbocycles. The number of rotatable bonds is 2. The van der Waals surface area contributed by atoms with Crippen molar-refractivity contribution in [2.75, 3.05) is 7.11 Å². The van der Waals surface area contributed by atoms with Crippen LogP contribution in [-0.2, 0) is 0 Å². The van der Waals surface area contributed by atoms with Crippen molar-refractivity contribution in [1.82, 2.24) is 9.97 Å². The predicted molar refractivity (Wildman–Crippen MR) is 78.7 cm³/mol. The standard InChI is InChI=1S/C13H8N2O3.2ClH/c1-18-8-4-2-3-7(5-8)11-10-9(12(16)15-11)6-14-13(10)17;;/h2-6H,1H3;2*1H. The van der Waals surface area contributed by atoms with Gasteiger partial charge in [0.05, 0.1) is 23.2 Å². The van der Waals surface area contributed by atoms with Gasteiger partial charge in [0.2, 0.25) is 0 Å². The van der Waals surface area contributed by atoms with Gasteiger partial charge in [0.15, 0.2) is 0 Å². The largest absolute Gasteiger partial charge is 0.497 e. The summed E-state index contributed by atoms with van der Waals surface area (Å²) in [6.45, 7) is 0. The predicted octanol–water partition coefficient (Wildman–Crippen LogP) is 1.32. The summed E-state index contributed by atoms with van der Waals surface area (Å²) >= 11 is 0. The molecular weight excluding hydrogens is 303 g/mol. The van der Waals surface area contributed by atoms with Gasteiger partial charge >= 0.3 is 0 Å². The lowest BCUT2D eigenvalue weighted by Gasteiger charge is -2.01. The molecule has 0 amide bonds. The molecule has 0 aromatic heterocycles. The minimum Gasteiger partial charge on any atom is -0.497 e. The summed E-state index contributed by atoms with van der Waals surface area (Å²) in [6, 6.07) is 7.06. The molecule has 5 nitrogen and oxygen atoms in total. The lowest BCUT2D eigenvalue weighted by Crippen LogP contribution is -2.02. The first-order valence-corrected chi connectivity index (χ1v) is 5.31. The van der Waals surface area contributed by atoms with Gasteiger partial charge in [-0.05, 0) is 12.1 Å². The number of hydrogen-bond acceptors (Lipinski definition) is 5. The zero-order chi connectivity index (χ0) is 12.7. The van der Waals surface area contributed by atoms with Crippen molar-refractivity contribution < 1.29 is 4.74 Å². The van der Waals surface area contributed by atoms with Gasteiger partial charge in [-0.15, -0.1) is 24.8 Å². The van der Waals surface area contributed by atoms with E-state index in [1.165, 1.54) is 6.20 Å². The van der Waals surface area contributed by atoms with Crippen LogP contribution in [0.25, 0.3) is 11.3 Å². The fourth-order valence-corrected chi connectivity index (χ4v) is 1.96. The Bertz CT molecular complexity index is 870. The Hall–Kier alpha value is -1.98. The second-order valence-corrected chi connectivity index (χ2v) is 3.85. The zero-order valence-electron chi connectivity index (χ0n) is 10.3. The van der Waals surface area contributed by atoms with E-state index in [-0.39, 0.29) is 35.3 Å². The fourth-order valence-electron chi connectivity index (χ4n) is 1.96. The molecule has 2 aliphatic rings. The van der Waals surface area contributed by atoms with Crippen LogP contribution in [0.4, 0.5) is 0 Å². The monoisotopic (exact) mass is 312 g/mol. The average molecular weight is 313 g/mol. The van der Waals surface area contributed by atoms with Crippen LogP contribution in [0.3, 0.4) is 0 Å². The molecule has 7 heteroatoms. The van der Waals surface area contributed by atoms with Gasteiger partial charge < -0.3 is 4.74 Å². The summed E-state index contributed by atoms with van der Waals surface area (Å²) in [4.78, 5) is 30.8. The van der Waals surface area contributed by atoms with Crippen LogP contribution in [0.5, 0.6) is 5.75 Å². The summed E-state index contributed by atoms with van der Waals surface area (Å²) < 4.78 is 5.11. The Balaban J connectivity index is 0.000001000. The third kappa shape index (κ3) is 2.37. The van der Waals surface area contributed by atoms with E-state index in [0.717, 1.165) is 0 Å². The molecule has 0 fully saturated rings. The van der Waals surface area contributed by atoms with E-state index in [4.69, 9.17) is 4.74 Å². The molecule has 0 atom stereocenters. The van der Waals surface area contributed by atoms with E-state index >= 15 is 0 Å². The molecule has 0 saturated carbocycles. The van der Waals surface area contributed by atoms with Crippen molar-refractivity contribution in [2.24, 2.45) is 0 Å². The van der Waals surface area contributed by atoms with Crippen LogP contribution in [-0.4, -0.2) is 17.1 Å².